The summed E-state index contributed by atoms with van der Waals surface area (Å²) in [6.45, 7) is 2.23. The molecule has 1 saturated heterocycles. The number of para-hydroxylation sites is 1. The lowest BCUT2D eigenvalue weighted by atomic mass is 10.1. The van der Waals surface area contributed by atoms with Gasteiger partial charge in [0.25, 0.3) is 0 Å². The van der Waals surface area contributed by atoms with Gasteiger partial charge in [0.15, 0.2) is 0 Å². The standard InChI is InChI=1S/C13H15NOS/c1-2-9-8-16-13(14-9)11-7-15-12-6-4-3-5-10(11)12/h3-7,9,13-14H,2,8H2,1H3. The summed E-state index contributed by atoms with van der Waals surface area (Å²) in [7, 11) is 0. The van der Waals surface area contributed by atoms with E-state index in [1.807, 2.05) is 30.2 Å². The molecular weight excluding hydrogens is 218 g/mol. The number of thioether (sulfide) groups is 1. The van der Waals surface area contributed by atoms with Crippen molar-refractivity contribution in [2.45, 2.75) is 24.8 Å². The predicted molar refractivity (Wildman–Crippen MR) is 68.6 cm³/mol. The number of hydrogen-bond acceptors (Lipinski definition) is 3. The van der Waals surface area contributed by atoms with E-state index in [1.54, 1.807) is 0 Å². The van der Waals surface area contributed by atoms with Crippen LogP contribution in [0.5, 0.6) is 0 Å². The molecule has 2 unspecified atom stereocenters. The molecule has 2 aromatic rings. The fraction of sp³-hybridized carbons (Fsp3) is 0.385. The van der Waals surface area contributed by atoms with Crippen LogP contribution in [-0.4, -0.2) is 11.8 Å². The van der Waals surface area contributed by atoms with E-state index in [1.165, 1.54) is 23.1 Å². The summed E-state index contributed by atoms with van der Waals surface area (Å²) in [4.78, 5) is 0. The Morgan fingerprint density at radius 2 is 2.31 bits per heavy atom. The zero-order valence-corrected chi connectivity index (χ0v) is 10.1. The first-order valence-corrected chi connectivity index (χ1v) is 6.77. The molecule has 1 aromatic heterocycles. The van der Waals surface area contributed by atoms with Crippen LogP contribution in [0, 0.1) is 0 Å². The maximum Gasteiger partial charge on any atom is 0.134 e. The summed E-state index contributed by atoms with van der Waals surface area (Å²) in [5, 5.41) is 5.28. The van der Waals surface area contributed by atoms with Gasteiger partial charge in [0.2, 0.25) is 0 Å². The minimum atomic E-state index is 0.397. The van der Waals surface area contributed by atoms with E-state index < -0.39 is 0 Å². The maximum atomic E-state index is 5.58. The van der Waals surface area contributed by atoms with Gasteiger partial charge in [-0.05, 0) is 12.5 Å². The van der Waals surface area contributed by atoms with Crippen LogP contribution in [0.25, 0.3) is 11.0 Å². The van der Waals surface area contributed by atoms with Crippen molar-refractivity contribution in [3.63, 3.8) is 0 Å². The Morgan fingerprint density at radius 3 is 3.12 bits per heavy atom. The third-order valence-corrected chi connectivity index (χ3v) is 4.46. The highest BCUT2D eigenvalue weighted by Gasteiger charge is 2.26. The monoisotopic (exact) mass is 233 g/mol. The van der Waals surface area contributed by atoms with Gasteiger partial charge >= 0.3 is 0 Å². The Hall–Kier alpha value is -0.930. The number of rotatable bonds is 2. The van der Waals surface area contributed by atoms with Gasteiger partial charge in [-0.1, -0.05) is 25.1 Å². The van der Waals surface area contributed by atoms with E-state index in [9.17, 15) is 0 Å². The van der Waals surface area contributed by atoms with Crippen LogP contribution in [0.4, 0.5) is 0 Å². The van der Waals surface area contributed by atoms with E-state index in [0.29, 0.717) is 11.4 Å². The van der Waals surface area contributed by atoms with Crippen molar-refractivity contribution in [3.05, 3.63) is 36.1 Å². The molecule has 84 valence electrons. The average molecular weight is 233 g/mol. The first-order valence-electron chi connectivity index (χ1n) is 5.72. The Balaban J connectivity index is 1.95. The van der Waals surface area contributed by atoms with Gasteiger partial charge < -0.3 is 4.42 Å². The van der Waals surface area contributed by atoms with Gasteiger partial charge in [-0.25, -0.2) is 0 Å². The van der Waals surface area contributed by atoms with Crippen LogP contribution in [0.2, 0.25) is 0 Å². The smallest absolute Gasteiger partial charge is 0.134 e. The molecule has 1 aliphatic heterocycles. The first-order chi connectivity index (χ1) is 7.88. The Bertz CT molecular complexity index is 493. The van der Waals surface area contributed by atoms with E-state index in [0.717, 1.165) is 5.58 Å². The summed E-state index contributed by atoms with van der Waals surface area (Å²) < 4.78 is 5.58. The molecule has 0 bridgehead atoms. The van der Waals surface area contributed by atoms with Crippen LogP contribution < -0.4 is 5.32 Å². The quantitative estimate of drug-likeness (QED) is 0.858. The SMILES string of the molecule is CCC1CSC(c2coc3ccccc23)N1. The van der Waals surface area contributed by atoms with Crippen LogP contribution in [0.1, 0.15) is 24.3 Å². The highest BCUT2D eigenvalue weighted by molar-refractivity contribution is 7.99. The van der Waals surface area contributed by atoms with Crippen LogP contribution >= 0.6 is 11.8 Å². The third-order valence-electron chi connectivity index (χ3n) is 3.14. The highest BCUT2D eigenvalue weighted by atomic mass is 32.2. The summed E-state index contributed by atoms with van der Waals surface area (Å²) in [5.74, 6) is 1.20. The van der Waals surface area contributed by atoms with Gasteiger partial charge in [-0.15, -0.1) is 11.8 Å². The van der Waals surface area contributed by atoms with E-state index in [2.05, 4.69) is 24.4 Å². The lowest BCUT2D eigenvalue weighted by Gasteiger charge is -2.10. The predicted octanol–water partition coefficient (Wildman–Crippen LogP) is 3.55. The van der Waals surface area contributed by atoms with E-state index in [-0.39, 0.29) is 0 Å². The van der Waals surface area contributed by atoms with Crippen molar-refractivity contribution < 1.29 is 4.42 Å². The Kier molecular flexibility index (Phi) is 2.65. The summed E-state index contributed by atoms with van der Waals surface area (Å²) >= 11 is 1.98. The number of furan rings is 1. The molecule has 3 rings (SSSR count). The maximum absolute atomic E-state index is 5.58. The molecule has 2 nitrogen and oxygen atoms in total. The summed E-state index contributed by atoms with van der Waals surface area (Å²) in [5.41, 5.74) is 2.27. The molecule has 16 heavy (non-hydrogen) atoms. The number of hydrogen-bond donors (Lipinski definition) is 1. The lowest BCUT2D eigenvalue weighted by Crippen LogP contribution is -2.24. The molecule has 2 atom stereocenters. The summed E-state index contributed by atoms with van der Waals surface area (Å²) in [6.07, 6.45) is 3.09. The fourth-order valence-corrected chi connectivity index (χ4v) is 3.55. The topological polar surface area (TPSA) is 25.2 Å². The summed E-state index contributed by atoms with van der Waals surface area (Å²) in [6, 6.07) is 8.88. The van der Waals surface area contributed by atoms with Crippen molar-refractivity contribution >= 4 is 22.7 Å². The minimum absolute atomic E-state index is 0.397. The molecule has 0 amide bonds. The number of nitrogens with one attached hydrogen (secondary N) is 1. The second kappa shape index (κ2) is 4.15. The van der Waals surface area contributed by atoms with Crippen LogP contribution in [-0.2, 0) is 0 Å². The lowest BCUT2D eigenvalue weighted by molar-refractivity contribution is 0.553. The molecule has 0 spiro atoms. The van der Waals surface area contributed by atoms with Crippen molar-refractivity contribution in [2.24, 2.45) is 0 Å². The molecule has 1 fully saturated rings. The second-order valence-corrected chi connectivity index (χ2v) is 5.31. The van der Waals surface area contributed by atoms with Crippen molar-refractivity contribution in [1.29, 1.82) is 0 Å². The molecule has 1 aromatic carbocycles. The Morgan fingerprint density at radius 1 is 1.44 bits per heavy atom. The minimum Gasteiger partial charge on any atom is -0.464 e. The van der Waals surface area contributed by atoms with Crippen molar-refractivity contribution in [2.75, 3.05) is 5.75 Å². The van der Waals surface area contributed by atoms with Crippen molar-refractivity contribution in [3.8, 4) is 0 Å². The van der Waals surface area contributed by atoms with Gasteiger partial charge in [0, 0.05) is 22.7 Å². The fourth-order valence-electron chi connectivity index (χ4n) is 2.14. The molecule has 3 heteroatoms. The molecular formula is C13H15NOS. The van der Waals surface area contributed by atoms with E-state index >= 15 is 0 Å². The molecule has 2 heterocycles. The normalized spacial score (nSPS) is 25.3. The molecule has 1 N–H and O–H groups in total. The highest BCUT2D eigenvalue weighted by Crippen LogP contribution is 2.37. The molecule has 0 radical (unpaired) electrons. The molecule has 0 saturated carbocycles. The number of benzene rings is 1. The first kappa shape index (κ1) is 10.2. The number of fused-ring (bicyclic) bond motifs is 1. The molecule has 1 aliphatic rings. The zero-order valence-electron chi connectivity index (χ0n) is 9.27. The Labute approximate surface area is 99.4 Å². The third kappa shape index (κ3) is 1.64. The van der Waals surface area contributed by atoms with Gasteiger partial charge in [0.05, 0.1) is 11.6 Å². The van der Waals surface area contributed by atoms with Gasteiger partial charge in [-0.2, -0.15) is 0 Å². The second-order valence-electron chi connectivity index (χ2n) is 4.17. The van der Waals surface area contributed by atoms with E-state index in [4.69, 9.17) is 4.42 Å². The van der Waals surface area contributed by atoms with Gasteiger partial charge in [0.1, 0.15) is 5.58 Å². The van der Waals surface area contributed by atoms with Gasteiger partial charge in [-0.3, -0.25) is 5.32 Å². The molecule has 0 aliphatic carbocycles. The average Bonchev–Trinajstić information content (AvgIpc) is 2.94. The van der Waals surface area contributed by atoms with Crippen molar-refractivity contribution in [1.82, 2.24) is 5.32 Å². The van der Waals surface area contributed by atoms with Crippen LogP contribution in [0.15, 0.2) is 34.9 Å². The largest absolute Gasteiger partial charge is 0.464 e. The van der Waals surface area contributed by atoms with Crippen LogP contribution in [0.3, 0.4) is 0 Å². The zero-order chi connectivity index (χ0) is 11.0.